The quantitative estimate of drug-likeness (QED) is 0.640. The van der Waals surface area contributed by atoms with E-state index in [-0.39, 0.29) is 12.8 Å². The molecule has 3 aromatic carbocycles. The van der Waals surface area contributed by atoms with Crippen LogP contribution in [0, 0.1) is 6.92 Å². The van der Waals surface area contributed by atoms with Crippen LogP contribution in [0.4, 0.5) is 5.69 Å². The molecule has 0 fully saturated rings. The van der Waals surface area contributed by atoms with Crippen molar-refractivity contribution >= 4 is 23.0 Å². The van der Waals surface area contributed by atoms with Crippen LogP contribution >= 0.6 is 12.2 Å². The molecule has 1 aliphatic rings. The highest BCUT2D eigenvalue weighted by molar-refractivity contribution is 7.80. The van der Waals surface area contributed by atoms with Gasteiger partial charge in [-0.3, -0.25) is 0 Å². The SMILES string of the molecule is Cc1cccc([C@H](NC(=S)Nc2ccc3c(c2)OCO3)c2ccccc2)c1. The van der Waals surface area contributed by atoms with Gasteiger partial charge in [-0.25, -0.2) is 0 Å². The van der Waals surface area contributed by atoms with Crippen molar-refractivity contribution in [1.29, 1.82) is 0 Å². The zero-order valence-corrected chi connectivity index (χ0v) is 15.8. The molecule has 0 saturated carbocycles. The smallest absolute Gasteiger partial charge is 0.231 e. The molecule has 0 saturated heterocycles. The minimum absolute atomic E-state index is 0.0416. The highest BCUT2D eigenvalue weighted by Gasteiger charge is 2.17. The fraction of sp³-hybridized carbons (Fsp3) is 0.136. The molecular formula is C22H20N2O2S. The molecule has 0 aliphatic carbocycles. The molecule has 5 heteroatoms. The van der Waals surface area contributed by atoms with Crippen molar-refractivity contribution in [3.63, 3.8) is 0 Å². The van der Waals surface area contributed by atoms with Gasteiger partial charge in [0.25, 0.3) is 0 Å². The van der Waals surface area contributed by atoms with E-state index in [1.165, 1.54) is 5.56 Å². The first-order valence-electron chi connectivity index (χ1n) is 8.78. The molecule has 4 nitrogen and oxygen atoms in total. The van der Waals surface area contributed by atoms with Crippen LogP contribution in [0.25, 0.3) is 0 Å². The number of benzene rings is 3. The van der Waals surface area contributed by atoms with E-state index in [1.54, 1.807) is 0 Å². The minimum atomic E-state index is -0.0416. The molecule has 1 aliphatic heterocycles. The Kier molecular flexibility index (Phi) is 4.94. The third-order valence-electron chi connectivity index (χ3n) is 4.41. The molecule has 4 rings (SSSR count). The van der Waals surface area contributed by atoms with Gasteiger partial charge < -0.3 is 20.1 Å². The zero-order valence-electron chi connectivity index (χ0n) is 14.9. The molecule has 136 valence electrons. The van der Waals surface area contributed by atoms with Crippen molar-refractivity contribution in [2.45, 2.75) is 13.0 Å². The molecule has 0 spiro atoms. The van der Waals surface area contributed by atoms with Crippen molar-refractivity contribution in [1.82, 2.24) is 5.32 Å². The number of anilines is 1. The van der Waals surface area contributed by atoms with Crippen LogP contribution in [-0.2, 0) is 0 Å². The van der Waals surface area contributed by atoms with Crippen molar-refractivity contribution in [3.8, 4) is 11.5 Å². The average molecular weight is 376 g/mol. The predicted molar refractivity (Wildman–Crippen MR) is 111 cm³/mol. The third-order valence-corrected chi connectivity index (χ3v) is 4.63. The second kappa shape index (κ2) is 7.68. The lowest BCUT2D eigenvalue weighted by molar-refractivity contribution is 0.174. The van der Waals surface area contributed by atoms with Gasteiger partial charge in [0.2, 0.25) is 6.79 Å². The van der Waals surface area contributed by atoms with Gasteiger partial charge in [0, 0.05) is 11.8 Å². The Labute approximate surface area is 164 Å². The maximum atomic E-state index is 5.58. The van der Waals surface area contributed by atoms with E-state index < -0.39 is 0 Å². The van der Waals surface area contributed by atoms with E-state index in [9.17, 15) is 0 Å². The number of aryl methyl sites for hydroxylation is 1. The van der Waals surface area contributed by atoms with Crippen LogP contribution in [0.3, 0.4) is 0 Å². The van der Waals surface area contributed by atoms with E-state index >= 15 is 0 Å². The summed E-state index contributed by atoms with van der Waals surface area (Å²) >= 11 is 5.58. The van der Waals surface area contributed by atoms with Crippen molar-refractivity contribution in [2.24, 2.45) is 0 Å². The predicted octanol–water partition coefficient (Wildman–Crippen LogP) is 4.80. The Hall–Kier alpha value is -3.05. The lowest BCUT2D eigenvalue weighted by Gasteiger charge is -2.22. The van der Waals surface area contributed by atoms with Crippen LogP contribution in [0.1, 0.15) is 22.7 Å². The van der Waals surface area contributed by atoms with E-state index in [1.807, 2.05) is 36.4 Å². The summed E-state index contributed by atoms with van der Waals surface area (Å²) in [5.41, 5.74) is 4.38. The molecule has 3 aromatic rings. The summed E-state index contributed by atoms with van der Waals surface area (Å²) < 4.78 is 10.8. The molecule has 0 amide bonds. The Bertz CT molecular complexity index is 960. The summed E-state index contributed by atoms with van der Waals surface area (Å²) in [6.45, 7) is 2.35. The van der Waals surface area contributed by atoms with Gasteiger partial charge in [0.05, 0.1) is 6.04 Å². The molecule has 1 atom stereocenters. The highest BCUT2D eigenvalue weighted by atomic mass is 32.1. The van der Waals surface area contributed by atoms with Crippen molar-refractivity contribution in [2.75, 3.05) is 12.1 Å². The van der Waals surface area contributed by atoms with E-state index in [4.69, 9.17) is 21.7 Å². The molecular weight excluding hydrogens is 356 g/mol. The summed E-state index contributed by atoms with van der Waals surface area (Å²) in [6, 6.07) is 24.4. The fourth-order valence-corrected chi connectivity index (χ4v) is 3.36. The Morgan fingerprint density at radius 1 is 0.889 bits per heavy atom. The molecule has 27 heavy (non-hydrogen) atoms. The second-order valence-corrected chi connectivity index (χ2v) is 6.83. The van der Waals surface area contributed by atoms with Gasteiger partial charge in [0.15, 0.2) is 16.6 Å². The first kappa shape index (κ1) is 17.4. The summed E-state index contributed by atoms with van der Waals surface area (Å²) in [7, 11) is 0. The summed E-state index contributed by atoms with van der Waals surface area (Å²) in [5, 5.41) is 7.23. The normalized spacial score (nSPS) is 13.1. The van der Waals surface area contributed by atoms with Crippen LogP contribution < -0.4 is 20.1 Å². The topological polar surface area (TPSA) is 42.5 Å². The highest BCUT2D eigenvalue weighted by Crippen LogP contribution is 2.34. The number of fused-ring (bicyclic) bond motifs is 1. The number of nitrogens with one attached hydrogen (secondary N) is 2. The number of ether oxygens (including phenoxy) is 2. The summed E-state index contributed by atoms with van der Waals surface area (Å²) in [4.78, 5) is 0. The van der Waals surface area contributed by atoms with Crippen LogP contribution in [0.5, 0.6) is 11.5 Å². The summed E-state index contributed by atoms with van der Waals surface area (Å²) in [5.74, 6) is 1.47. The van der Waals surface area contributed by atoms with Crippen molar-refractivity contribution < 1.29 is 9.47 Å². The van der Waals surface area contributed by atoms with Gasteiger partial charge in [0.1, 0.15) is 0 Å². The van der Waals surface area contributed by atoms with Crippen LogP contribution in [-0.4, -0.2) is 11.9 Å². The molecule has 2 N–H and O–H groups in total. The molecule has 0 radical (unpaired) electrons. The largest absolute Gasteiger partial charge is 0.454 e. The molecule has 0 unspecified atom stereocenters. The van der Waals surface area contributed by atoms with E-state index in [0.717, 1.165) is 28.3 Å². The fourth-order valence-electron chi connectivity index (χ4n) is 3.13. The van der Waals surface area contributed by atoms with Crippen molar-refractivity contribution in [3.05, 3.63) is 89.5 Å². The zero-order chi connectivity index (χ0) is 18.6. The standard InChI is InChI=1S/C22H20N2O2S/c1-15-6-5-9-17(12-15)21(16-7-3-2-4-8-16)24-22(27)23-18-10-11-19-20(13-18)26-14-25-19/h2-13,21H,14H2,1H3,(H2,23,24,27)/t21-/m1/s1. The number of hydrogen-bond donors (Lipinski definition) is 2. The number of hydrogen-bond acceptors (Lipinski definition) is 3. The van der Waals surface area contributed by atoms with Gasteiger partial charge in [-0.05, 0) is 42.4 Å². The lowest BCUT2D eigenvalue weighted by atomic mass is 9.97. The Morgan fingerprint density at radius 2 is 1.67 bits per heavy atom. The Morgan fingerprint density at radius 3 is 2.48 bits per heavy atom. The summed E-state index contributed by atoms with van der Waals surface area (Å²) in [6.07, 6.45) is 0. The van der Waals surface area contributed by atoms with Gasteiger partial charge in [-0.2, -0.15) is 0 Å². The van der Waals surface area contributed by atoms with Gasteiger partial charge in [-0.15, -0.1) is 0 Å². The maximum Gasteiger partial charge on any atom is 0.231 e. The second-order valence-electron chi connectivity index (χ2n) is 6.42. The minimum Gasteiger partial charge on any atom is -0.454 e. The Balaban J connectivity index is 1.55. The average Bonchev–Trinajstić information content (AvgIpc) is 3.14. The molecule has 1 heterocycles. The molecule has 0 bridgehead atoms. The van der Waals surface area contributed by atoms with Gasteiger partial charge in [-0.1, -0.05) is 60.2 Å². The van der Waals surface area contributed by atoms with Gasteiger partial charge >= 0.3 is 0 Å². The number of thiocarbonyl (C=S) groups is 1. The first-order chi connectivity index (χ1) is 13.2. The lowest BCUT2D eigenvalue weighted by Crippen LogP contribution is -2.33. The molecule has 0 aromatic heterocycles. The van der Waals surface area contributed by atoms with Crippen LogP contribution in [0.2, 0.25) is 0 Å². The number of rotatable bonds is 4. The maximum absolute atomic E-state index is 5.58. The van der Waals surface area contributed by atoms with E-state index in [0.29, 0.717) is 5.11 Å². The monoisotopic (exact) mass is 376 g/mol. The van der Waals surface area contributed by atoms with E-state index in [2.05, 4.69) is 54.0 Å². The third kappa shape index (κ3) is 4.04. The van der Waals surface area contributed by atoms with Crippen LogP contribution in [0.15, 0.2) is 72.8 Å². The first-order valence-corrected chi connectivity index (χ1v) is 9.18.